The molecule has 4 aliphatic carbocycles. The molecule has 0 saturated heterocycles. The molecule has 4 heteroatoms. The van der Waals surface area contributed by atoms with Crippen LogP contribution in [0.4, 0.5) is 0 Å². The minimum Gasteiger partial charge on any atom is -1.00 e. The number of allylic oxidation sites excluding steroid dienone is 2. The molecule has 0 N–H and O–H groups in total. The monoisotopic (exact) mass is 724 g/mol. The molecule has 0 fully saturated rings. The Morgan fingerprint density at radius 1 is 0.543 bits per heavy atom. The quantitative estimate of drug-likeness (QED) is 0.147. The molecule has 0 bridgehead atoms. The van der Waals surface area contributed by atoms with Crippen LogP contribution in [0.15, 0.2) is 96.1 Å². The van der Waals surface area contributed by atoms with Gasteiger partial charge in [0.1, 0.15) is 0 Å². The number of rotatable bonds is 0. The van der Waals surface area contributed by atoms with Crippen LogP contribution in [0.3, 0.4) is 0 Å². The van der Waals surface area contributed by atoms with Crippen LogP contribution in [0.5, 0.6) is 0 Å². The SMILES string of the molecule is CC1=Cc2[c-]cc3c(c2C1)-c1cccc2cccc-3c12.CC1=Cc2[c-]cc3c(c2C1)-c1cccc2cccc-3c12.C[Si](C)=[Zr+2].[Cl-].[Cl-]. The van der Waals surface area contributed by atoms with Crippen LogP contribution in [0.2, 0.25) is 13.1 Å². The Bertz CT molecular complexity index is 2120. The van der Waals surface area contributed by atoms with Crippen molar-refractivity contribution in [1.82, 2.24) is 0 Å². The van der Waals surface area contributed by atoms with Crippen LogP contribution in [-0.2, 0) is 36.2 Å². The smallest absolute Gasteiger partial charge is 1.00 e. The van der Waals surface area contributed by atoms with Gasteiger partial charge < -0.3 is 24.8 Å². The summed E-state index contributed by atoms with van der Waals surface area (Å²) in [5, 5.41) is 5.51. The van der Waals surface area contributed by atoms with Gasteiger partial charge in [-0.3, -0.25) is 0 Å². The second-order valence-corrected chi connectivity index (χ2v) is 22.1. The van der Waals surface area contributed by atoms with Crippen molar-refractivity contribution >= 4 is 39.1 Å². The maximum absolute atomic E-state index is 3.48. The standard InChI is InChI=1S/2C20H13.C2H6Si.2ClH.Zr/c2*1-12-10-14-8-9-16-15-6-2-4-13-5-3-7-17(19(13)15)20(16)18(14)11-12;1-3-2;;;/h2*2-7,9-10H,11H2,1H3;1-2H3;2*1H;/q2*-1;;;;+2/p-2. The van der Waals surface area contributed by atoms with E-state index in [0.29, 0.717) is 0 Å². The zero-order chi connectivity index (χ0) is 30.1. The van der Waals surface area contributed by atoms with Crippen molar-refractivity contribution in [3.05, 3.63) is 130 Å². The van der Waals surface area contributed by atoms with Gasteiger partial charge in [-0.25, -0.2) is 0 Å². The summed E-state index contributed by atoms with van der Waals surface area (Å²) in [4.78, 5) is 0. The predicted octanol–water partition coefficient (Wildman–Crippen LogP) is 5.29. The second kappa shape index (κ2) is 12.9. The van der Waals surface area contributed by atoms with Crippen molar-refractivity contribution in [3.8, 4) is 44.5 Å². The van der Waals surface area contributed by atoms with E-state index in [9.17, 15) is 0 Å². The molecule has 46 heavy (non-hydrogen) atoms. The molecule has 10 rings (SSSR count). The Morgan fingerprint density at radius 3 is 1.26 bits per heavy atom. The number of fused-ring (bicyclic) bond motifs is 10. The van der Waals surface area contributed by atoms with E-state index < -0.39 is 0 Å². The van der Waals surface area contributed by atoms with Crippen LogP contribution in [0, 0.1) is 12.1 Å². The first-order chi connectivity index (χ1) is 21.4. The fourth-order valence-corrected chi connectivity index (χ4v) is 7.58. The Balaban J connectivity index is 0.000000140. The van der Waals surface area contributed by atoms with Crippen molar-refractivity contribution in [2.75, 3.05) is 0 Å². The van der Waals surface area contributed by atoms with Gasteiger partial charge in [0.05, 0.1) is 0 Å². The molecule has 0 amide bonds. The molecule has 0 nitrogen and oxygen atoms in total. The predicted molar refractivity (Wildman–Crippen MR) is 187 cm³/mol. The van der Waals surface area contributed by atoms with E-state index in [2.05, 4.69) is 136 Å². The Morgan fingerprint density at radius 2 is 0.891 bits per heavy atom. The van der Waals surface area contributed by atoms with Crippen LogP contribution in [0.25, 0.3) is 78.2 Å². The van der Waals surface area contributed by atoms with Gasteiger partial charge in [-0.1, -0.05) is 120 Å². The molecule has 0 heterocycles. The van der Waals surface area contributed by atoms with Crippen LogP contribution in [0.1, 0.15) is 36.1 Å². The molecular formula is C42H32Cl2SiZr-2. The maximum atomic E-state index is 3.48. The molecule has 6 aromatic carbocycles. The van der Waals surface area contributed by atoms with E-state index in [-0.39, 0.29) is 30.2 Å². The minimum atomic E-state index is 0. The topological polar surface area (TPSA) is 0 Å². The van der Waals surface area contributed by atoms with Gasteiger partial charge in [0.2, 0.25) is 0 Å². The molecule has 0 aliphatic heterocycles. The summed E-state index contributed by atoms with van der Waals surface area (Å²) in [7, 11) is 0. The fraction of sp³-hybridized carbons (Fsp3) is 0.143. The van der Waals surface area contributed by atoms with E-state index in [1.165, 1.54) is 99.5 Å². The van der Waals surface area contributed by atoms with Crippen molar-refractivity contribution in [3.63, 3.8) is 0 Å². The summed E-state index contributed by atoms with van der Waals surface area (Å²) in [5.74, 6) is 0. The van der Waals surface area contributed by atoms with E-state index in [4.69, 9.17) is 0 Å². The zero-order valence-corrected chi connectivity index (χ0v) is 31.4. The van der Waals surface area contributed by atoms with E-state index in [0.717, 1.165) is 12.8 Å². The largest absolute Gasteiger partial charge is 1.00 e. The molecular weight excluding hydrogens is 695 g/mol. The average Bonchev–Trinajstić information content (AvgIpc) is 3.75. The number of hydrogen-bond acceptors (Lipinski definition) is 0. The van der Waals surface area contributed by atoms with E-state index >= 15 is 0 Å². The van der Waals surface area contributed by atoms with Crippen LogP contribution >= 0.6 is 0 Å². The third-order valence-electron chi connectivity index (χ3n) is 9.16. The summed E-state index contributed by atoms with van der Waals surface area (Å²) in [6.07, 6.45) is 6.69. The molecule has 0 unspecified atom stereocenters. The third kappa shape index (κ3) is 5.32. The summed E-state index contributed by atoms with van der Waals surface area (Å²) in [6, 6.07) is 37.9. The molecule has 0 saturated carbocycles. The normalized spacial score (nSPS) is 13.1. The van der Waals surface area contributed by atoms with Gasteiger partial charge in [0, 0.05) is 0 Å². The van der Waals surface area contributed by atoms with E-state index in [1.54, 1.807) is 23.3 Å². The summed E-state index contributed by atoms with van der Waals surface area (Å²) >= 11 is 1.74. The first kappa shape index (κ1) is 32.9. The van der Waals surface area contributed by atoms with Crippen molar-refractivity contribution in [2.24, 2.45) is 0 Å². The van der Waals surface area contributed by atoms with Crippen molar-refractivity contribution in [2.45, 2.75) is 39.8 Å². The molecule has 224 valence electrons. The molecule has 4 aliphatic rings. The van der Waals surface area contributed by atoms with Crippen LogP contribution < -0.4 is 24.8 Å². The van der Waals surface area contributed by atoms with Gasteiger partial charge in [-0.15, -0.1) is 69.8 Å². The first-order valence-electron chi connectivity index (χ1n) is 15.4. The first-order valence-corrected chi connectivity index (χ1v) is 21.6. The summed E-state index contributed by atoms with van der Waals surface area (Å²) in [5.41, 5.74) is 19.7. The second-order valence-electron chi connectivity index (χ2n) is 12.7. The fourth-order valence-electron chi connectivity index (χ4n) is 7.58. The Labute approximate surface area is 299 Å². The molecule has 0 spiro atoms. The third-order valence-corrected chi connectivity index (χ3v) is 9.16. The summed E-state index contributed by atoms with van der Waals surface area (Å²) < 4.78 is 0. The summed E-state index contributed by atoms with van der Waals surface area (Å²) in [6.45, 7) is 9.04. The van der Waals surface area contributed by atoms with E-state index in [1.807, 2.05) is 0 Å². The maximum Gasteiger partial charge on any atom is -1.00 e. The van der Waals surface area contributed by atoms with Crippen molar-refractivity contribution in [1.29, 1.82) is 0 Å². The Kier molecular flexibility index (Phi) is 9.23. The van der Waals surface area contributed by atoms with Crippen molar-refractivity contribution < 1.29 is 48.1 Å². The van der Waals surface area contributed by atoms with Gasteiger partial charge in [0.15, 0.2) is 0 Å². The molecule has 0 atom stereocenters. The van der Waals surface area contributed by atoms with Gasteiger partial charge in [-0.05, 0) is 45.5 Å². The zero-order valence-electron chi connectivity index (χ0n) is 26.4. The number of benzene rings is 6. The van der Waals surface area contributed by atoms with Gasteiger partial charge in [-0.2, -0.15) is 0 Å². The van der Waals surface area contributed by atoms with Gasteiger partial charge in [0.25, 0.3) is 0 Å². The number of hydrogen-bond donors (Lipinski definition) is 0. The van der Waals surface area contributed by atoms with Gasteiger partial charge >= 0.3 is 41.9 Å². The Hall–Kier alpha value is -3.00. The minimum absolute atomic E-state index is 0. The average molecular weight is 727 g/mol. The molecule has 6 aromatic rings. The number of halogens is 2. The van der Waals surface area contributed by atoms with Crippen LogP contribution in [-0.4, -0.2) is 5.43 Å². The molecule has 0 radical (unpaired) electrons. The molecule has 0 aromatic heterocycles.